The molecule has 1 heterocycles. The molecule has 1 amide bonds. The molecule has 4 nitrogen and oxygen atoms in total. The molecule has 0 saturated carbocycles. The van der Waals surface area contributed by atoms with Crippen molar-refractivity contribution in [3.8, 4) is 0 Å². The second kappa shape index (κ2) is 9.09. The minimum atomic E-state index is -0.464. The van der Waals surface area contributed by atoms with Crippen LogP contribution in [0.2, 0.25) is 10.0 Å². The van der Waals surface area contributed by atoms with E-state index >= 15 is 0 Å². The fraction of sp³-hybridized carbons (Fsp3) is 0.562. The summed E-state index contributed by atoms with van der Waals surface area (Å²) in [5, 5.41) is 11.2. The van der Waals surface area contributed by atoms with Crippen molar-refractivity contribution in [1.29, 1.82) is 0 Å². The van der Waals surface area contributed by atoms with E-state index in [1.165, 1.54) is 0 Å². The van der Waals surface area contributed by atoms with Crippen molar-refractivity contribution in [3.05, 3.63) is 33.8 Å². The molecule has 0 radical (unpaired) electrons. The van der Waals surface area contributed by atoms with E-state index in [0.29, 0.717) is 23.1 Å². The summed E-state index contributed by atoms with van der Waals surface area (Å²) in [6, 6.07) is 5.09. The Morgan fingerprint density at radius 3 is 2.65 bits per heavy atom. The zero-order chi connectivity index (χ0) is 16.3. The molecule has 1 saturated heterocycles. The average Bonchev–Trinajstić information content (AvgIpc) is 2.44. The lowest BCUT2D eigenvalue weighted by Gasteiger charge is -2.40. The molecular formula is C16H23Cl3N2O2. The van der Waals surface area contributed by atoms with Gasteiger partial charge < -0.3 is 14.9 Å². The minimum absolute atomic E-state index is 0. The van der Waals surface area contributed by atoms with E-state index in [1.54, 1.807) is 17.0 Å². The van der Waals surface area contributed by atoms with Gasteiger partial charge in [0.25, 0.3) is 0 Å². The zero-order valence-electron chi connectivity index (χ0n) is 13.3. The van der Waals surface area contributed by atoms with Crippen LogP contribution >= 0.6 is 35.6 Å². The molecule has 0 unspecified atom stereocenters. The van der Waals surface area contributed by atoms with Crippen molar-refractivity contribution in [2.45, 2.75) is 31.4 Å². The summed E-state index contributed by atoms with van der Waals surface area (Å²) < 4.78 is 0. The Bertz CT molecular complexity index is 540. The number of aliphatic hydroxyl groups is 1. The van der Waals surface area contributed by atoms with E-state index in [2.05, 4.69) is 0 Å². The molecule has 0 aliphatic carbocycles. The van der Waals surface area contributed by atoms with Crippen LogP contribution in [-0.2, 0) is 11.2 Å². The average molecular weight is 382 g/mol. The predicted octanol–water partition coefficient (Wildman–Crippen LogP) is 2.87. The molecule has 0 bridgehead atoms. The Morgan fingerprint density at radius 2 is 2.04 bits per heavy atom. The van der Waals surface area contributed by atoms with Gasteiger partial charge in [0, 0.05) is 13.1 Å². The van der Waals surface area contributed by atoms with Gasteiger partial charge in [0.1, 0.15) is 0 Å². The first-order chi connectivity index (χ1) is 10.4. The number of hydrogen-bond donors (Lipinski definition) is 1. The third-order valence-electron chi connectivity index (χ3n) is 3.96. The second-order valence-corrected chi connectivity index (χ2v) is 6.87. The molecule has 1 aromatic rings. The first kappa shape index (κ1) is 20.5. The topological polar surface area (TPSA) is 43.8 Å². The molecule has 2 atom stereocenters. The van der Waals surface area contributed by atoms with E-state index < -0.39 is 6.10 Å². The van der Waals surface area contributed by atoms with E-state index in [4.69, 9.17) is 23.2 Å². The highest BCUT2D eigenvalue weighted by Crippen LogP contribution is 2.24. The lowest BCUT2D eigenvalue weighted by molar-refractivity contribution is -0.138. The van der Waals surface area contributed by atoms with Crippen molar-refractivity contribution >= 4 is 41.5 Å². The number of nitrogens with zero attached hydrogens (tertiary/aromatic N) is 2. The maximum Gasteiger partial charge on any atom is 0.227 e. The van der Waals surface area contributed by atoms with Crippen LogP contribution in [0.15, 0.2) is 18.2 Å². The molecule has 0 spiro atoms. The molecule has 2 rings (SSSR count). The highest BCUT2D eigenvalue weighted by Gasteiger charge is 2.33. The number of aliphatic hydroxyl groups excluding tert-OH is 1. The largest absolute Gasteiger partial charge is 0.391 e. The Morgan fingerprint density at radius 1 is 1.35 bits per heavy atom. The van der Waals surface area contributed by atoms with E-state index in [1.807, 2.05) is 25.1 Å². The van der Waals surface area contributed by atoms with E-state index in [-0.39, 0.29) is 30.8 Å². The van der Waals surface area contributed by atoms with Gasteiger partial charge in [-0.15, -0.1) is 12.4 Å². The Kier molecular flexibility index (Phi) is 8.11. The van der Waals surface area contributed by atoms with Crippen LogP contribution in [0.4, 0.5) is 0 Å². The molecular weight excluding hydrogens is 359 g/mol. The Balaban J connectivity index is 0.00000264. The third kappa shape index (κ3) is 5.50. The maximum atomic E-state index is 12.6. The van der Waals surface area contributed by atoms with Gasteiger partial charge in [0.05, 0.1) is 28.6 Å². The van der Waals surface area contributed by atoms with Crippen molar-refractivity contribution in [2.75, 3.05) is 27.2 Å². The Hall–Kier alpha value is -0.520. The number of carbonyl (C=O) groups excluding carboxylic acids is 1. The van der Waals surface area contributed by atoms with Crippen LogP contribution in [0.5, 0.6) is 0 Å². The summed E-state index contributed by atoms with van der Waals surface area (Å²) in [5.74, 6) is 0.0176. The summed E-state index contributed by atoms with van der Waals surface area (Å²) in [7, 11) is 3.89. The molecule has 130 valence electrons. The number of halogens is 3. The summed E-state index contributed by atoms with van der Waals surface area (Å²) in [6.07, 6.45) is 1.38. The number of hydrogen-bond acceptors (Lipinski definition) is 3. The van der Waals surface area contributed by atoms with Crippen LogP contribution < -0.4 is 0 Å². The molecule has 23 heavy (non-hydrogen) atoms. The van der Waals surface area contributed by atoms with Gasteiger partial charge in [-0.1, -0.05) is 29.3 Å². The quantitative estimate of drug-likeness (QED) is 0.872. The van der Waals surface area contributed by atoms with Crippen molar-refractivity contribution in [2.24, 2.45) is 0 Å². The second-order valence-electron chi connectivity index (χ2n) is 6.05. The van der Waals surface area contributed by atoms with Crippen molar-refractivity contribution in [3.63, 3.8) is 0 Å². The van der Waals surface area contributed by atoms with Crippen LogP contribution in [0.3, 0.4) is 0 Å². The summed E-state index contributed by atoms with van der Waals surface area (Å²) in [6.45, 7) is 1.35. The third-order valence-corrected chi connectivity index (χ3v) is 4.69. The van der Waals surface area contributed by atoms with Crippen molar-refractivity contribution < 1.29 is 9.90 Å². The molecule has 1 aromatic carbocycles. The number of likely N-dealkylation sites (tertiary alicyclic amines) is 1. The molecule has 1 fully saturated rings. The van der Waals surface area contributed by atoms with Gasteiger partial charge in [0.15, 0.2) is 0 Å². The monoisotopic (exact) mass is 380 g/mol. The number of carbonyl (C=O) groups is 1. The fourth-order valence-electron chi connectivity index (χ4n) is 2.87. The highest BCUT2D eigenvalue weighted by atomic mass is 35.5. The van der Waals surface area contributed by atoms with Crippen LogP contribution in [0, 0.1) is 0 Å². The SMILES string of the molecule is CN(C)C[C@@H]1[C@@H](O)CCCN1C(=O)Cc1ccc(Cl)c(Cl)c1.Cl. The smallest absolute Gasteiger partial charge is 0.227 e. The van der Waals surface area contributed by atoms with Gasteiger partial charge in [-0.25, -0.2) is 0 Å². The Labute approximate surface area is 153 Å². The fourth-order valence-corrected chi connectivity index (χ4v) is 3.19. The van der Waals surface area contributed by atoms with Crippen LogP contribution in [0.25, 0.3) is 0 Å². The first-order valence-electron chi connectivity index (χ1n) is 7.44. The summed E-state index contributed by atoms with van der Waals surface area (Å²) >= 11 is 11.9. The highest BCUT2D eigenvalue weighted by molar-refractivity contribution is 6.42. The van der Waals surface area contributed by atoms with Gasteiger partial charge in [-0.2, -0.15) is 0 Å². The van der Waals surface area contributed by atoms with E-state index in [9.17, 15) is 9.90 Å². The number of likely N-dealkylation sites (N-methyl/N-ethyl adjacent to an activating group) is 1. The number of amides is 1. The number of piperidine rings is 1. The lowest BCUT2D eigenvalue weighted by Crippen LogP contribution is -2.55. The molecule has 1 N–H and O–H groups in total. The van der Waals surface area contributed by atoms with Crippen LogP contribution in [0.1, 0.15) is 18.4 Å². The molecule has 1 aliphatic rings. The van der Waals surface area contributed by atoms with E-state index in [0.717, 1.165) is 18.4 Å². The van der Waals surface area contributed by atoms with Crippen molar-refractivity contribution in [1.82, 2.24) is 9.80 Å². The van der Waals surface area contributed by atoms with Crippen LogP contribution in [-0.4, -0.2) is 60.1 Å². The first-order valence-corrected chi connectivity index (χ1v) is 8.20. The van der Waals surface area contributed by atoms with Gasteiger partial charge in [-0.3, -0.25) is 4.79 Å². The maximum absolute atomic E-state index is 12.6. The van der Waals surface area contributed by atoms with Gasteiger partial charge in [0.2, 0.25) is 5.91 Å². The molecule has 1 aliphatic heterocycles. The molecule has 0 aromatic heterocycles. The molecule has 7 heteroatoms. The standard InChI is InChI=1S/C16H22Cl2N2O2.ClH/c1-19(2)10-14-15(21)4-3-7-20(14)16(22)9-11-5-6-12(17)13(18)8-11;/h5-6,8,14-15,21H,3-4,7,9-10H2,1-2H3;1H/t14-,15+;/m1./s1. The predicted molar refractivity (Wildman–Crippen MR) is 96.7 cm³/mol. The number of rotatable bonds is 4. The van der Waals surface area contributed by atoms with Gasteiger partial charge in [-0.05, 0) is 44.6 Å². The normalized spacial score (nSPS) is 21.2. The number of benzene rings is 1. The lowest BCUT2D eigenvalue weighted by atomic mass is 9.97. The summed E-state index contributed by atoms with van der Waals surface area (Å²) in [4.78, 5) is 16.4. The summed E-state index contributed by atoms with van der Waals surface area (Å²) in [5.41, 5.74) is 0.836. The zero-order valence-corrected chi connectivity index (χ0v) is 15.7. The minimum Gasteiger partial charge on any atom is -0.391 e. The van der Waals surface area contributed by atoms with Gasteiger partial charge >= 0.3 is 0 Å².